The number of aliphatic hydroxyl groups is 1. The zero-order valence-electron chi connectivity index (χ0n) is 11.8. The summed E-state index contributed by atoms with van der Waals surface area (Å²) in [5.74, 6) is 0. The van der Waals surface area contributed by atoms with E-state index in [-0.39, 0.29) is 6.04 Å². The molecule has 0 saturated carbocycles. The predicted molar refractivity (Wildman–Crippen MR) is 86.7 cm³/mol. The fourth-order valence-corrected chi connectivity index (χ4v) is 2.33. The van der Waals surface area contributed by atoms with E-state index in [2.05, 4.69) is 40.3 Å². The number of rotatable bonds is 5. The van der Waals surface area contributed by atoms with E-state index in [9.17, 15) is 5.11 Å². The zero-order valence-corrected chi connectivity index (χ0v) is 13.4. The smallest absolute Gasteiger partial charge is 0.0914 e. The van der Waals surface area contributed by atoms with Crippen molar-refractivity contribution in [3.63, 3.8) is 0 Å². The van der Waals surface area contributed by atoms with E-state index in [4.69, 9.17) is 0 Å². The fraction of sp³-hybridized carbons (Fsp3) is 0.294. The van der Waals surface area contributed by atoms with Gasteiger partial charge in [0.25, 0.3) is 0 Å². The molecular formula is C17H20BrNO. The first kappa shape index (κ1) is 15.2. The van der Waals surface area contributed by atoms with Crippen LogP contribution in [0, 0.1) is 6.92 Å². The monoisotopic (exact) mass is 333 g/mol. The van der Waals surface area contributed by atoms with Gasteiger partial charge < -0.3 is 10.4 Å². The second-order valence-corrected chi connectivity index (χ2v) is 6.02. The lowest BCUT2D eigenvalue weighted by molar-refractivity contribution is 0.171. The van der Waals surface area contributed by atoms with Gasteiger partial charge in [0.2, 0.25) is 0 Å². The number of benzene rings is 2. The Labute approximate surface area is 129 Å². The Hall–Kier alpha value is -1.16. The first-order valence-electron chi connectivity index (χ1n) is 6.80. The third-order valence-corrected chi connectivity index (χ3v) is 3.98. The van der Waals surface area contributed by atoms with Gasteiger partial charge in [-0.05, 0) is 37.1 Å². The van der Waals surface area contributed by atoms with Crippen LogP contribution in [0.4, 0.5) is 0 Å². The van der Waals surface area contributed by atoms with Gasteiger partial charge in [-0.3, -0.25) is 0 Å². The lowest BCUT2D eigenvalue weighted by atomic mass is 10.1. The number of nitrogens with one attached hydrogen (secondary N) is 1. The molecule has 2 aromatic carbocycles. The quantitative estimate of drug-likeness (QED) is 0.861. The van der Waals surface area contributed by atoms with E-state index >= 15 is 0 Å². The summed E-state index contributed by atoms with van der Waals surface area (Å²) in [7, 11) is 0. The number of aliphatic hydroxyl groups excluding tert-OH is 1. The highest BCUT2D eigenvalue weighted by Crippen LogP contribution is 2.18. The van der Waals surface area contributed by atoms with E-state index in [0.29, 0.717) is 6.54 Å². The number of halogens is 1. The third-order valence-electron chi connectivity index (χ3n) is 3.45. The van der Waals surface area contributed by atoms with E-state index < -0.39 is 6.10 Å². The summed E-state index contributed by atoms with van der Waals surface area (Å²) < 4.78 is 1.08. The molecule has 0 aliphatic carbocycles. The molecular weight excluding hydrogens is 314 g/mol. The lowest BCUT2D eigenvalue weighted by Gasteiger charge is -2.18. The van der Waals surface area contributed by atoms with Crippen LogP contribution in [0.3, 0.4) is 0 Å². The maximum atomic E-state index is 10.2. The minimum atomic E-state index is -0.478. The Balaban J connectivity index is 1.91. The lowest BCUT2D eigenvalue weighted by Crippen LogP contribution is -2.24. The topological polar surface area (TPSA) is 32.3 Å². The normalized spacial score (nSPS) is 14.0. The molecule has 0 bridgehead atoms. The molecule has 0 amide bonds. The molecule has 0 heterocycles. The second kappa shape index (κ2) is 7.02. The van der Waals surface area contributed by atoms with Gasteiger partial charge in [0.05, 0.1) is 6.10 Å². The molecule has 20 heavy (non-hydrogen) atoms. The van der Waals surface area contributed by atoms with Gasteiger partial charge in [-0.15, -0.1) is 0 Å². The fourth-order valence-electron chi connectivity index (χ4n) is 2.06. The van der Waals surface area contributed by atoms with E-state index in [1.54, 1.807) is 0 Å². The predicted octanol–water partition coefficient (Wildman–Crippen LogP) is 4.14. The van der Waals surface area contributed by atoms with Crippen LogP contribution >= 0.6 is 15.9 Å². The first-order chi connectivity index (χ1) is 9.56. The van der Waals surface area contributed by atoms with Gasteiger partial charge in [0.15, 0.2) is 0 Å². The maximum absolute atomic E-state index is 10.2. The molecule has 0 spiro atoms. The van der Waals surface area contributed by atoms with Gasteiger partial charge in [0.1, 0.15) is 0 Å². The van der Waals surface area contributed by atoms with Crippen molar-refractivity contribution < 1.29 is 5.11 Å². The van der Waals surface area contributed by atoms with Crippen molar-refractivity contribution in [2.75, 3.05) is 6.54 Å². The summed E-state index contributed by atoms with van der Waals surface area (Å²) in [6.45, 7) is 4.69. The molecule has 0 aromatic heterocycles. The van der Waals surface area contributed by atoms with Crippen LogP contribution in [0.25, 0.3) is 0 Å². The van der Waals surface area contributed by atoms with Crippen molar-refractivity contribution in [3.8, 4) is 0 Å². The molecule has 0 unspecified atom stereocenters. The molecule has 2 nitrogen and oxygen atoms in total. The number of hydrogen-bond donors (Lipinski definition) is 2. The highest BCUT2D eigenvalue weighted by atomic mass is 79.9. The van der Waals surface area contributed by atoms with Crippen molar-refractivity contribution >= 4 is 15.9 Å². The minimum Gasteiger partial charge on any atom is -0.387 e. The summed E-state index contributed by atoms with van der Waals surface area (Å²) in [5.41, 5.74) is 3.37. The highest BCUT2D eigenvalue weighted by Gasteiger charge is 2.10. The minimum absolute atomic E-state index is 0.211. The number of hydrogen-bond acceptors (Lipinski definition) is 2. The largest absolute Gasteiger partial charge is 0.387 e. The second-order valence-electron chi connectivity index (χ2n) is 5.11. The zero-order chi connectivity index (χ0) is 14.5. The first-order valence-corrected chi connectivity index (χ1v) is 7.59. The Bertz CT molecular complexity index is 484. The Kier molecular flexibility index (Phi) is 5.35. The molecule has 2 N–H and O–H groups in total. The van der Waals surface area contributed by atoms with Crippen molar-refractivity contribution in [3.05, 3.63) is 69.7 Å². The Morgan fingerprint density at radius 2 is 1.55 bits per heavy atom. The maximum Gasteiger partial charge on any atom is 0.0914 e. The van der Waals surface area contributed by atoms with Gasteiger partial charge >= 0.3 is 0 Å². The van der Waals surface area contributed by atoms with Gasteiger partial charge in [0, 0.05) is 17.1 Å². The standard InChI is InChI=1S/C17H20BrNO/c1-12-3-5-15(6-4-12)17(20)11-19-13(2)14-7-9-16(18)10-8-14/h3-10,13,17,19-20H,11H2,1-2H3/t13-,17+/m0/s1. The summed E-state index contributed by atoms with van der Waals surface area (Å²) in [4.78, 5) is 0. The van der Waals surface area contributed by atoms with Crippen molar-refractivity contribution in [1.29, 1.82) is 0 Å². The van der Waals surface area contributed by atoms with Gasteiger partial charge in [-0.2, -0.15) is 0 Å². The van der Waals surface area contributed by atoms with E-state index in [1.807, 2.05) is 43.3 Å². The van der Waals surface area contributed by atoms with E-state index in [0.717, 1.165) is 10.0 Å². The van der Waals surface area contributed by atoms with Gasteiger partial charge in [-0.25, -0.2) is 0 Å². The van der Waals surface area contributed by atoms with Crippen molar-refractivity contribution in [2.24, 2.45) is 0 Å². The van der Waals surface area contributed by atoms with Crippen LogP contribution in [0.2, 0.25) is 0 Å². The third kappa shape index (κ3) is 4.17. The molecule has 0 aliphatic heterocycles. The number of aryl methyl sites for hydroxylation is 1. The van der Waals surface area contributed by atoms with Crippen LogP contribution in [0.15, 0.2) is 53.0 Å². The van der Waals surface area contributed by atoms with Crippen molar-refractivity contribution in [1.82, 2.24) is 5.32 Å². The van der Waals surface area contributed by atoms with Gasteiger partial charge in [-0.1, -0.05) is 57.9 Å². The molecule has 3 heteroatoms. The molecule has 2 atom stereocenters. The van der Waals surface area contributed by atoms with Crippen LogP contribution in [0.1, 0.15) is 35.8 Å². The molecule has 2 aromatic rings. The van der Waals surface area contributed by atoms with Crippen LogP contribution in [0.5, 0.6) is 0 Å². The summed E-state index contributed by atoms with van der Waals surface area (Å²) in [5, 5.41) is 13.5. The summed E-state index contributed by atoms with van der Waals surface area (Å²) in [6.07, 6.45) is -0.478. The average molecular weight is 334 g/mol. The summed E-state index contributed by atoms with van der Waals surface area (Å²) >= 11 is 3.43. The highest BCUT2D eigenvalue weighted by molar-refractivity contribution is 9.10. The Morgan fingerprint density at radius 3 is 2.15 bits per heavy atom. The molecule has 106 valence electrons. The Morgan fingerprint density at radius 1 is 1.00 bits per heavy atom. The molecule has 0 fully saturated rings. The van der Waals surface area contributed by atoms with Crippen LogP contribution in [-0.4, -0.2) is 11.7 Å². The van der Waals surface area contributed by atoms with E-state index in [1.165, 1.54) is 11.1 Å². The van der Waals surface area contributed by atoms with Crippen LogP contribution < -0.4 is 5.32 Å². The molecule has 0 aliphatic rings. The summed E-state index contributed by atoms with van der Waals surface area (Å²) in [6, 6.07) is 16.4. The van der Waals surface area contributed by atoms with Crippen LogP contribution in [-0.2, 0) is 0 Å². The van der Waals surface area contributed by atoms with Crippen molar-refractivity contribution in [2.45, 2.75) is 26.0 Å². The SMILES string of the molecule is Cc1ccc([C@H](O)CN[C@@H](C)c2ccc(Br)cc2)cc1. The molecule has 2 rings (SSSR count). The molecule has 0 radical (unpaired) electrons. The molecule has 0 saturated heterocycles. The average Bonchev–Trinajstić information content (AvgIpc) is 2.46.